The SMILES string of the molecule is CNC(=O)N[C@@](C=O)(CN1Cc2ccc(OC)cc2C1=O)c1cc2cc(C)cc(F)c2o1. The van der Waals surface area contributed by atoms with E-state index in [0.717, 1.165) is 5.56 Å². The van der Waals surface area contributed by atoms with Gasteiger partial charge in [0.1, 0.15) is 11.5 Å². The Labute approximate surface area is 183 Å². The first-order valence-corrected chi connectivity index (χ1v) is 9.93. The van der Waals surface area contributed by atoms with E-state index in [1.165, 1.54) is 31.2 Å². The molecule has 0 bridgehead atoms. The van der Waals surface area contributed by atoms with Crippen molar-refractivity contribution in [3.8, 4) is 5.75 Å². The smallest absolute Gasteiger partial charge is 0.315 e. The molecule has 1 aliphatic heterocycles. The summed E-state index contributed by atoms with van der Waals surface area (Å²) in [5.74, 6) is -0.339. The zero-order valence-electron chi connectivity index (χ0n) is 17.8. The van der Waals surface area contributed by atoms with E-state index < -0.39 is 17.4 Å². The first kappa shape index (κ1) is 21.4. The van der Waals surface area contributed by atoms with Crippen LogP contribution in [0.15, 0.2) is 40.8 Å². The fourth-order valence-electron chi connectivity index (χ4n) is 3.94. The van der Waals surface area contributed by atoms with Crippen LogP contribution in [-0.2, 0) is 16.9 Å². The molecule has 0 aliphatic carbocycles. The minimum Gasteiger partial charge on any atom is -0.497 e. The van der Waals surface area contributed by atoms with E-state index in [4.69, 9.17) is 9.15 Å². The summed E-state index contributed by atoms with van der Waals surface area (Å²) in [5.41, 5.74) is 0.132. The molecule has 0 fully saturated rings. The van der Waals surface area contributed by atoms with Gasteiger partial charge in [-0.25, -0.2) is 9.18 Å². The summed E-state index contributed by atoms with van der Waals surface area (Å²) in [6, 6.07) is 9.04. The molecule has 9 heteroatoms. The normalized spacial score (nSPS) is 14.8. The summed E-state index contributed by atoms with van der Waals surface area (Å²) in [7, 11) is 2.90. The summed E-state index contributed by atoms with van der Waals surface area (Å²) in [5, 5.41) is 5.43. The van der Waals surface area contributed by atoms with E-state index in [-0.39, 0.29) is 30.3 Å². The molecule has 2 N–H and O–H groups in total. The lowest BCUT2D eigenvalue weighted by Crippen LogP contribution is -2.56. The number of benzene rings is 2. The number of fused-ring (bicyclic) bond motifs is 2. The van der Waals surface area contributed by atoms with E-state index in [0.29, 0.717) is 28.5 Å². The predicted octanol–water partition coefficient (Wildman–Crippen LogP) is 2.87. The van der Waals surface area contributed by atoms with Gasteiger partial charge >= 0.3 is 6.03 Å². The number of methoxy groups -OCH3 is 1. The van der Waals surface area contributed by atoms with Gasteiger partial charge in [0.05, 0.1) is 13.7 Å². The van der Waals surface area contributed by atoms with Crippen LogP contribution in [0.1, 0.15) is 27.2 Å². The summed E-state index contributed by atoms with van der Waals surface area (Å²) in [6.07, 6.45) is 0.502. The highest BCUT2D eigenvalue weighted by atomic mass is 19.1. The number of ether oxygens (including phenoxy) is 1. The second-order valence-corrected chi connectivity index (χ2v) is 7.75. The van der Waals surface area contributed by atoms with Gasteiger partial charge in [-0.2, -0.15) is 0 Å². The van der Waals surface area contributed by atoms with Crippen LogP contribution < -0.4 is 15.4 Å². The molecule has 32 heavy (non-hydrogen) atoms. The molecular formula is C23H22FN3O5. The van der Waals surface area contributed by atoms with E-state index in [2.05, 4.69) is 10.6 Å². The number of carbonyl (C=O) groups excluding carboxylic acids is 3. The lowest BCUT2D eigenvalue weighted by molar-refractivity contribution is -0.114. The molecular weight excluding hydrogens is 417 g/mol. The van der Waals surface area contributed by atoms with Crippen molar-refractivity contribution < 1.29 is 27.9 Å². The number of amides is 3. The molecule has 8 nitrogen and oxygen atoms in total. The highest BCUT2D eigenvalue weighted by Gasteiger charge is 2.43. The van der Waals surface area contributed by atoms with Crippen LogP contribution in [0.3, 0.4) is 0 Å². The molecule has 0 unspecified atom stereocenters. The maximum atomic E-state index is 14.4. The highest BCUT2D eigenvalue weighted by molar-refractivity contribution is 5.99. The second-order valence-electron chi connectivity index (χ2n) is 7.75. The average Bonchev–Trinajstić information content (AvgIpc) is 3.34. The van der Waals surface area contributed by atoms with Crippen molar-refractivity contribution in [1.82, 2.24) is 15.5 Å². The molecule has 4 rings (SSSR count). The van der Waals surface area contributed by atoms with Gasteiger partial charge in [-0.3, -0.25) is 4.79 Å². The third kappa shape index (κ3) is 3.55. The topological polar surface area (TPSA) is 101 Å². The third-order valence-electron chi connectivity index (χ3n) is 5.56. The van der Waals surface area contributed by atoms with Gasteiger partial charge < -0.3 is 29.5 Å². The summed E-state index contributed by atoms with van der Waals surface area (Å²) >= 11 is 0. The number of aldehydes is 1. The molecule has 1 atom stereocenters. The second kappa shape index (κ2) is 7.99. The fourth-order valence-corrected chi connectivity index (χ4v) is 3.94. The lowest BCUT2D eigenvalue weighted by Gasteiger charge is -2.31. The number of aryl methyl sites for hydroxylation is 1. The summed E-state index contributed by atoms with van der Waals surface area (Å²) < 4.78 is 25.3. The molecule has 2 aromatic carbocycles. The zero-order valence-corrected chi connectivity index (χ0v) is 17.8. The Bertz CT molecular complexity index is 1240. The van der Waals surface area contributed by atoms with E-state index in [1.807, 2.05) is 0 Å². The average molecular weight is 439 g/mol. The minimum atomic E-state index is -1.73. The van der Waals surface area contributed by atoms with Gasteiger partial charge in [0, 0.05) is 24.5 Å². The maximum absolute atomic E-state index is 14.4. The maximum Gasteiger partial charge on any atom is 0.315 e. The first-order valence-electron chi connectivity index (χ1n) is 9.93. The summed E-state index contributed by atoms with van der Waals surface area (Å²) in [4.78, 5) is 39.1. The van der Waals surface area contributed by atoms with Crippen LogP contribution in [0.5, 0.6) is 5.75 Å². The molecule has 0 spiro atoms. The predicted molar refractivity (Wildman–Crippen MR) is 114 cm³/mol. The number of carbonyl (C=O) groups is 3. The zero-order chi connectivity index (χ0) is 23.0. The van der Waals surface area contributed by atoms with Gasteiger partial charge in [-0.1, -0.05) is 6.07 Å². The van der Waals surface area contributed by atoms with Crippen LogP contribution in [0.25, 0.3) is 11.0 Å². The molecule has 166 valence electrons. The molecule has 0 saturated heterocycles. The van der Waals surface area contributed by atoms with E-state index in [9.17, 15) is 18.8 Å². The van der Waals surface area contributed by atoms with Crippen molar-refractivity contribution in [2.24, 2.45) is 0 Å². The number of halogens is 1. The Kier molecular flexibility index (Phi) is 5.33. The highest BCUT2D eigenvalue weighted by Crippen LogP contribution is 2.33. The van der Waals surface area contributed by atoms with Gasteiger partial charge in [0.2, 0.25) is 0 Å². The van der Waals surface area contributed by atoms with Crippen LogP contribution in [0.2, 0.25) is 0 Å². The third-order valence-corrected chi connectivity index (χ3v) is 5.56. The molecule has 3 aromatic rings. The monoisotopic (exact) mass is 439 g/mol. The van der Waals surface area contributed by atoms with Crippen LogP contribution in [0.4, 0.5) is 9.18 Å². The van der Waals surface area contributed by atoms with Crippen molar-refractivity contribution in [1.29, 1.82) is 0 Å². The Morgan fingerprint density at radius 2 is 2.09 bits per heavy atom. The molecule has 2 heterocycles. The van der Waals surface area contributed by atoms with Gasteiger partial charge in [0.15, 0.2) is 23.2 Å². The van der Waals surface area contributed by atoms with Gasteiger partial charge in [-0.15, -0.1) is 0 Å². The number of nitrogens with zero attached hydrogens (tertiary/aromatic N) is 1. The Morgan fingerprint density at radius 3 is 2.78 bits per heavy atom. The number of urea groups is 1. The van der Waals surface area contributed by atoms with E-state index >= 15 is 0 Å². The number of rotatable bonds is 6. The first-order chi connectivity index (χ1) is 15.3. The molecule has 0 radical (unpaired) electrons. The van der Waals surface area contributed by atoms with Crippen LogP contribution >= 0.6 is 0 Å². The number of hydrogen-bond donors (Lipinski definition) is 2. The molecule has 3 amide bonds. The Balaban J connectivity index is 1.76. The number of furan rings is 1. The molecule has 1 aliphatic rings. The van der Waals surface area contributed by atoms with Crippen molar-refractivity contribution >= 4 is 29.2 Å². The van der Waals surface area contributed by atoms with Crippen LogP contribution in [-0.4, -0.2) is 43.8 Å². The summed E-state index contributed by atoms with van der Waals surface area (Å²) in [6.45, 7) is 1.76. The van der Waals surface area contributed by atoms with E-state index in [1.54, 1.807) is 31.2 Å². The largest absolute Gasteiger partial charge is 0.497 e. The standard InChI is InChI=1S/C23H22FN3O5/c1-13-6-15-8-19(32-20(15)18(24)7-13)23(12-28,26-22(30)25-2)11-27-10-14-4-5-16(31-3)9-17(14)21(27)29/h4-9,12H,10-11H2,1-3H3,(H2,25,26,30)/t23-/m1/s1. The Morgan fingerprint density at radius 1 is 1.31 bits per heavy atom. The quantitative estimate of drug-likeness (QED) is 0.576. The van der Waals surface area contributed by atoms with Crippen LogP contribution in [0, 0.1) is 12.7 Å². The van der Waals surface area contributed by atoms with Crippen molar-refractivity contribution in [3.05, 3.63) is 64.7 Å². The van der Waals surface area contributed by atoms with Crippen molar-refractivity contribution in [3.63, 3.8) is 0 Å². The fraction of sp³-hybridized carbons (Fsp3) is 0.261. The van der Waals surface area contributed by atoms with Gasteiger partial charge in [-0.05, 0) is 48.4 Å². The van der Waals surface area contributed by atoms with Crippen molar-refractivity contribution in [2.75, 3.05) is 20.7 Å². The Hall–Kier alpha value is -3.88. The molecule has 0 saturated carbocycles. The number of hydrogen-bond acceptors (Lipinski definition) is 5. The van der Waals surface area contributed by atoms with Crippen molar-refractivity contribution in [2.45, 2.75) is 19.0 Å². The minimum absolute atomic E-state index is 0.0249. The lowest BCUT2D eigenvalue weighted by atomic mass is 9.96. The molecule has 1 aromatic heterocycles. The number of nitrogens with one attached hydrogen (secondary N) is 2. The van der Waals surface area contributed by atoms with Gasteiger partial charge in [0.25, 0.3) is 5.91 Å².